The van der Waals surface area contributed by atoms with Gasteiger partial charge in [-0.2, -0.15) is 0 Å². The van der Waals surface area contributed by atoms with Gasteiger partial charge < -0.3 is 89.1 Å². The number of carbonyl (C=O) groups excluding carboxylic acids is 3. The molecule has 0 radical (unpaired) electrons. The molecule has 0 aromatic heterocycles. The Morgan fingerprint density at radius 1 is 0.388 bits per heavy atom. The molecule has 2 heterocycles. The van der Waals surface area contributed by atoms with E-state index in [2.05, 4.69) is 45.1 Å². The Morgan fingerprint density at radius 2 is 0.714 bits per heavy atom. The SMILES string of the molecule is CCCCCC/C=C\CCCCCCCCCC(=O)OC(COC(=O)CCCCCCCCCCCCCCCC)COP(=O)(O)OC1C(OC2OC(CO)C(O)C(O)C2O)C(O)C(O)C(O)C1OC1OC(COC(=O)CCCCC/C=C\CCCCCCCCC)C(O)C(O)C1O. The number of hydrogen-bond donors (Lipinski definition) is 11. The molecule has 24 nitrogen and oxygen atoms in total. The molecule has 2 saturated heterocycles. The molecule has 0 spiro atoms. The zero-order valence-electron chi connectivity index (χ0n) is 59.8. The van der Waals surface area contributed by atoms with Crippen molar-refractivity contribution in [2.75, 3.05) is 26.4 Å². The first-order valence-corrected chi connectivity index (χ1v) is 39.6. The van der Waals surface area contributed by atoms with E-state index in [0.717, 1.165) is 116 Å². The van der Waals surface area contributed by atoms with Gasteiger partial charge in [-0.25, -0.2) is 4.57 Å². The van der Waals surface area contributed by atoms with Crippen molar-refractivity contribution >= 4 is 25.7 Å². The number of unbranched alkanes of at least 4 members (excludes halogenated alkanes) is 34. The van der Waals surface area contributed by atoms with Crippen LogP contribution in [0.3, 0.4) is 0 Å². The van der Waals surface area contributed by atoms with Crippen LogP contribution in [0.1, 0.15) is 290 Å². The third kappa shape index (κ3) is 37.7. The summed E-state index contributed by atoms with van der Waals surface area (Å²) in [7, 11) is -5.70. The van der Waals surface area contributed by atoms with Gasteiger partial charge in [0.2, 0.25) is 0 Å². The topological polar surface area (TPSA) is 374 Å². The normalized spacial score (nSPS) is 27.7. The van der Waals surface area contributed by atoms with Crippen molar-refractivity contribution in [3.8, 4) is 0 Å². The van der Waals surface area contributed by atoms with Crippen LogP contribution in [0.15, 0.2) is 24.3 Å². The van der Waals surface area contributed by atoms with Gasteiger partial charge in [-0.1, -0.05) is 225 Å². The zero-order chi connectivity index (χ0) is 71.8. The molecule has 18 unspecified atom stereocenters. The van der Waals surface area contributed by atoms with E-state index in [1.807, 2.05) is 0 Å². The molecule has 0 bridgehead atoms. The van der Waals surface area contributed by atoms with Crippen LogP contribution in [0.5, 0.6) is 0 Å². The second-order valence-corrected chi connectivity index (χ2v) is 28.8. The van der Waals surface area contributed by atoms with Crippen molar-refractivity contribution < 1.29 is 117 Å². The average Bonchev–Trinajstić information content (AvgIpc) is 0.762. The van der Waals surface area contributed by atoms with Gasteiger partial charge in [-0.15, -0.1) is 0 Å². The summed E-state index contributed by atoms with van der Waals surface area (Å²) in [6.07, 6.45) is 15.2. The van der Waals surface area contributed by atoms with Crippen molar-refractivity contribution in [1.82, 2.24) is 0 Å². The van der Waals surface area contributed by atoms with Gasteiger partial charge in [0.1, 0.15) is 98.7 Å². The van der Waals surface area contributed by atoms with Crippen LogP contribution in [-0.4, -0.2) is 204 Å². The molecule has 0 aromatic carbocycles. The fourth-order valence-corrected chi connectivity index (χ4v) is 13.4. The molecule has 0 amide bonds. The Kier molecular flexibility index (Phi) is 50.3. The Bertz CT molecular complexity index is 2120. The number of aliphatic hydroxyl groups excluding tert-OH is 10. The van der Waals surface area contributed by atoms with E-state index < -0.39 is 156 Å². The lowest BCUT2D eigenvalue weighted by Crippen LogP contribution is -2.69. The van der Waals surface area contributed by atoms with Crippen LogP contribution in [0.2, 0.25) is 0 Å². The van der Waals surface area contributed by atoms with Crippen molar-refractivity contribution in [3.63, 3.8) is 0 Å². The van der Waals surface area contributed by atoms with Crippen LogP contribution in [0.4, 0.5) is 0 Å². The molecule has 2 aliphatic heterocycles. The van der Waals surface area contributed by atoms with Gasteiger partial charge in [0.05, 0.1) is 13.2 Å². The van der Waals surface area contributed by atoms with Gasteiger partial charge in [0.15, 0.2) is 18.7 Å². The summed E-state index contributed by atoms with van der Waals surface area (Å²) in [6, 6.07) is 0. The predicted octanol–water partition coefficient (Wildman–Crippen LogP) is 10.5. The lowest BCUT2D eigenvalue weighted by atomic mass is 9.84. The highest BCUT2D eigenvalue weighted by Gasteiger charge is 2.58. The number of rotatable bonds is 59. The van der Waals surface area contributed by atoms with E-state index in [0.29, 0.717) is 19.3 Å². The smallest absolute Gasteiger partial charge is 0.463 e. The molecule has 98 heavy (non-hydrogen) atoms. The minimum Gasteiger partial charge on any atom is -0.463 e. The fraction of sp³-hybridized carbons (Fsp3) is 0.904. The highest BCUT2D eigenvalue weighted by Crippen LogP contribution is 2.49. The van der Waals surface area contributed by atoms with E-state index in [1.54, 1.807) is 0 Å². The first kappa shape index (κ1) is 89.7. The summed E-state index contributed by atoms with van der Waals surface area (Å²) in [4.78, 5) is 51.0. The molecular formula is C73H133O24P. The molecule has 0 aromatic rings. The van der Waals surface area contributed by atoms with E-state index >= 15 is 0 Å². The second-order valence-electron chi connectivity index (χ2n) is 27.4. The first-order chi connectivity index (χ1) is 47.3. The van der Waals surface area contributed by atoms with E-state index in [1.165, 1.54) is 116 Å². The molecule has 3 aliphatic rings. The van der Waals surface area contributed by atoms with Crippen LogP contribution < -0.4 is 0 Å². The number of allylic oxidation sites excluding steroid dienone is 4. The molecule has 3 fully saturated rings. The van der Waals surface area contributed by atoms with Crippen molar-refractivity contribution in [2.24, 2.45) is 0 Å². The summed E-state index contributed by atoms with van der Waals surface area (Å²) in [5.74, 6) is -2.00. The first-order valence-electron chi connectivity index (χ1n) is 38.1. The van der Waals surface area contributed by atoms with Crippen LogP contribution in [-0.2, 0) is 61.2 Å². The van der Waals surface area contributed by atoms with E-state index in [-0.39, 0.29) is 19.3 Å². The summed E-state index contributed by atoms with van der Waals surface area (Å²) in [6.45, 7) is 3.42. The number of ether oxygens (including phenoxy) is 7. The maximum atomic E-state index is 14.3. The number of carbonyl (C=O) groups is 3. The predicted molar refractivity (Wildman–Crippen MR) is 370 cm³/mol. The Balaban J connectivity index is 1.74. The molecular weight excluding hydrogens is 1290 g/mol. The molecule has 11 N–H and O–H groups in total. The van der Waals surface area contributed by atoms with Crippen LogP contribution in [0.25, 0.3) is 0 Å². The number of aliphatic hydroxyl groups is 10. The Hall–Kier alpha value is -2.56. The van der Waals surface area contributed by atoms with E-state index in [9.17, 15) is 74.9 Å². The fourth-order valence-electron chi connectivity index (χ4n) is 12.5. The van der Waals surface area contributed by atoms with Crippen molar-refractivity contribution in [2.45, 2.75) is 395 Å². The van der Waals surface area contributed by atoms with Crippen LogP contribution in [0, 0.1) is 0 Å². The highest BCUT2D eigenvalue weighted by molar-refractivity contribution is 7.47. The second kappa shape index (κ2) is 55.0. The van der Waals surface area contributed by atoms with Crippen molar-refractivity contribution in [3.05, 3.63) is 24.3 Å². The lowest BCUT2D eigenvalue weighted by molar-refractivity contribution is -0.360. The molecule has 1 saturated carbocycles. The average molecular weight is 1430 g/mol. The minimum atomic E-state index is -5.70. The summed E-state index contributed by atoms with van der Waals surface area (Å²) in [5, 5.41) is 110. The number of phosphoric acid groups is 1. The Labute approximate surface area is 585 Å². The third-order valence-electron chi connectivity index (χ3n) is 18.7. The number of phosphoric ester groups is 1. The van der Waals surface area contributed by atoms with Gasteiger partial charge in [-0.3, -0.25) is 23.4 Å². The standard InChI is InChI=1S/C73H133O24P/c1-4-7-10-13-16-19-22-25-28-31-34-37-40-43-46-49-59(77)92-54(51-89-57(75)47-44-41-38-35-32-29-26-23-20-17-14-11-8-5-2)52-91-98(87,88)97-71-69(95-72-67(85)62(80)60(78)55(50-74)93-72)65(83)64(82)66(84)70(71)96-73-68(86)63(81)61(79)56(94-73)53-90-58(76)48-45-42-39-36-33-30-27-24-21-18-15-12-9-6-3/h19,22,30,33,54-56,60-74,78-86H,4-18,20-21,23-29,31-32,34-53H2,1-3H3,(H,87,88)/b22-19-,33-30-. The van der Waals surface area contributed by atoms with Crippen molar-refractivity contribution in [1.29, 1.82) is 0 Å². The lowest BCUT2D eigenvalue weighted by Gasteiger charge is -2.49. The van der Waals surface area contributed by atoms with Gasteiger partial charge in [0, 0.05) is 19.3 Å². The van der Waals surface area contributed by atoms with Gasteiger partial charge in [0.25, 0.3) is 0 Å². The van der Waals surface area contributed by atoms with Gasteiger partial charge in [-0.05, 0) is 70.6 Å². The summed E-state index contributed by atoms with van der Waals surface area (Å²) < 4.78 is 65.0. The maximum absolute atomic E-state index is 14.3. The number of esters is 3. The molecule has 574 valence electrons. The van der Waals surface area contributed by atoms with E-state index in [4.69, 9.17) is 42.2 Å². The molecule has 25 heteroatoms. The maximum Gasteiger partial charge on any atom is 0.472 e. The van der Waals surface area contributed by atoms with Gasteiger partial charge >= 0.3 is 25.7 Å². The third-order valence-corrected chi connectivity index (χ3v) is 19.7. The summed E-state index contributed by atoms with van der Waals surface area (Å²) >= 11 is 0. The number of hydrogen-bond acceptors (Lipinski definition) is 23. The monoisotopic (exact) mass is 1420 g/mol. The quantitative estimate of drug-likeness (QED) is 0.00886. The Morgan fingerprint density at radius 3 is 1.12 bits per heavy atom. The minimum absolute atomic E-state index is 0.00834. The van der Waals surface area contributed by atoms with Crippen LogP contribution >= 0.6 is 7.82 Å². The molecule has 1 aliphatic carbocycles. The molecule has 18 atom stereocenters. The summed E-state index contributed by atoms with van der Waals surface area (Å²) in [5.41, 5.74) is 0. The zero-order valence-corrected chi connectivity index (χ0v) is 60.7. The highest BCUT2D eigenvalue weighted by atomic mass is 31.2. The molecule has 3 rings (SSSR count). The largest absolute Gasteiger partial charge is 0.472 e.